The highest BCUT2D eigenvalue weighted by atomic mass is 27.0. The van der Waals surface area contributed by atoms with Crippen LogP contribution in [0.2, 0.25) is 0 Å². The van der Waals surface area contributed by atoms with Gasteiger partial charge in [-0.2, -0.15) is 0 Å². The van der Waals surface area contributed by atoms with Gasteiger partial charge in [0.2, 0.25) is 0 Å². The summed E-state index contributed by atoms with van der Waals surface area (Å²) in [4.78, 5) is 0. The number of hydrogen-bond donors (Lipinski definition) is 0. The largest absolute Gasteiger partial charge is 0.412 e. The van der Waals surface area contributed by atoms with Crippen molar-refractivity contribution in [3.63, 3.8) is 0 Å². The van der Waals surface area contributed by atoms with Crippen molar-refractivity contribution in [3.8, 4) is 0 Å². The zero-order valence-electron chi connectivity index (χ0n) is 14.5. The lowest BCUT2D eigenvalue weighted by molar-refractivity contribution is 0.823. The fourth-order valence-corrected chi connectivity index (χ4v) is 0. The zero-order valence-corrected chi connectivity index (χ0v) is 14.5. The van der Waals surface area contributed by atoms with Gasteiger partial charge in [0.05, 0.1) is 0 Å². The molecule has 0 fully saturated rings. The van der Waals surface area contributed by atoms with Crippen molar-refractivity contribution in [2.45, 2.75) is 0 Å². The van der Waals surface area contributed by atoms with Gasteiger partial charge < -0.3 is 159 Å². The molecule has 0 aromatic heterocycles. The molecule has 0 saturated carbocycles. The van der Waals surface area contributed by atoms with E-state index >= 15 is 0 Å². The lowest BCUT2D eigenvalue weighted by atomic mass is 16.0. The SMILES string of the molecule is O.O.O.O.O.O.O.O.O.O.O.O.O.O.O.O.O.O.O.O.O.O.O.O.O.O.O.O.O.[AlH3]. The van der Waals surface area contributed by atoms with Crippen molar-refractivity contribution >= 4 is 17.4 Å². The molecule has 0 aliphatic rings. The van der Waals surface area contributed by atoms with E-state index in [1.807, 2.05) is 0 Å². The number of rotatable bonds is 0. The van der Waals surface area contributed by atoms with Crippen LogP contribution in [-0.2, 0) is 0 Å². The van der Waals surface area contributed by atoms with Crippen LogP contribution in [0.25, 0.3) is 0 Å². The summed E-state index contributed by atoms with van der Waals surface area (Å²) in [6.07, 6.45) is 0. The van der Waals surface area contributed by atoms with Gasteiger partial charge in [-0.05, 0) is 0 Å². The Kier molecular flexibility index (Phi) is 108000000. The predicted molar refractivity (Wildman–Crippen MR) is 115 cm³/mol. The fraction of sp³-hybridized carbons (Fsp3) is 0. The first-order valence-electron chi connectivity index (χ1n) is 0. The van der Waals surface area contributed by atoms with Crippen molar-refractivity contribution < 1.29 is 159 Å². The lowest BCUT2D eigenvalue weighted by Gasteiger charge is -0.413. The first kappa shape index (κ1) is 60000. The standard InChI is InChI=1S/Al.29H2O.3H/h;29*1H2;;;. The van der Waals surface area contributed by atoms with Crippen molar-refractivity contribution in [2.75, 3.05) is 0 Å². The first-order chi connectivity index (χ1) is 0. The molecule has 0 heterocycles. The molecule has 0 aliphatic carbocycles. The van der Waals surface area contributed by atoms with E-state index in [0.29, 0.717) is 0 Å². The minimum Gasteiger partial charge on any atom is -0.412 e. The molecule has 30 heteroatoms. The van der Waals surface area contributed by atoms with Crippen LogP contribution in [-0.4, -0.2) is 176 Å². The normalized spacial score (nSPS) is 0. The molecule has 58 N–H and O–H groups in total. The van der Waals surface area contributed by atoms with E-state index in [-0.39, 0.29) is 176 Å². The van der Waals surface area contributed by atoms with Gasteiger partial charge in [0.25, 0.3) is 0 Å². The maximum Gasteiger partial charge on any atom is 0.187 e. The van der Waals surface area contributed by atoms with Crippen molar-refractivity contribution in [1.82, 2.24) is 0 Å². The van der Waals surface area contributed by atoms with Crippen LogP contribution >= 0.6 is 0 Å². The van der Waals surface area contributed by atoms with Gasteiger partial charge in [-0.3, -0.25) is 0 Å². The first-order valence-corrected chi connectivity index (χ1v) is 0. The third kappa shape index (κ3) is 48300. The van der Waals surface area contributed by atoms with Crippen LogP contribution in [0.15, 0.2) is 0 Å². The fourth-order valence-electron chi connectivity index (χ4n) is 0. The Morgan fingerprint density at radius 3 is 0.0667 bits per heavy atom. The van der Waals surface area contributed by atoms with E-state index in [4.69, 9.17) is 0 Å². The molecule has 0 aromatic rings. The Bertz CT molecular complexity index is 6.33. The second-order valence-electron chi connectivity index (χ2n) is 0. The molecule has 0 unspecified atom stereocenters. The lowest BCUT2D eigenvalue weighted by Crippen LogP contribution is -0.381. The summed E-state index contributed by atoms with van der Waals surface area (Å²) in [6.45, 7) is 0. The number of hydrogen-bond acceptors (Lipinski definition) is 0. The minimum atomic E-state index is 0. The summed E-state index contributed by atoms with van der Waals surface area (Å²) >= 11 is 0. The van der Waals surface area contributed by atoms with Gasteiger partial charge >= 0.3 is 0 Å². The average Bonchev–Trinajstić information content (AvgIpc) is 0. The molecular weight excluding hydrogens is 491 g/mol. The quantitative estimate of drug-likeness (QED) is 0.253. The highest BCUT2D eigenvalue weighted by Crippen LogP contribution is -0.261. The molecule has 238 valence electrons. The third-order valence-electron chi connectivity index (χ3n) is 0. The molecule has 0 saturated heterocycles. The summed E-state index contributed by atoms with van der Waals surface area (Å²) in [5.74, 6) is 0. The highest BCUT2D eigenvalue weighted by molar-refractivity contribution is 5.75. The van der Waals surface area contributed by atoms with Crippen LogP contribution in [0.5, 0.6) is 0 Å². The van der Waals surface area contributed by atoms with Gasteiger partial charge in [-0.25, -0.2) is 0 Å². The van der Waals surface area contributed by atoms with E-state index in [0.717, 1.165) is 0 Å². The molecule has 0 aliphatic heterocycles. The van der Waals surface area contributed by atoms with E-state index in [9.17, 15) is 0 Å². The molecule has 0 spiro atoms. The Labute approximate surface area is 177 Å². The smallest absolute Gasteiger partial charge is 0.187 e. The highest BCUT2D eigenvalue weighted by Gasteiger charge is 0.187. The van der Waals surface area contributed by atoms with Crippen molar-refractivity contribution in [2.24, 2.45) is 0 Å². The van der Waals surface area contributed by atoms with Gasteiger partial charge in [0.1, 0.15) is 0 Å². The van der Waals surface area contributed by atoms with Crippen molar-refractivity contribution in [3.05, 3.63) is 0 Å². The van der Waals surface area contributed by atoms with Crippen LogP contribution in [0.1, 0.15) is 0 Å². The van der Waals surface area contributed by atoms with Crippen LogP contribution in [0, 0.1) is 0 Å². The average molecular weight is 552 g/mol. The van der Waals surface area contributed by atoms with Gasteiger partial charge in [0.15, 0.2) is 17.4 Å². The molecule has 29 nitrogen and oxygen atoms in total. The summed E-state index contributed by atoms with van der Waals surface area (Å²) < 4.78 is 0. The van der Waals surface area contributed by atoms with Crippen LogP contribution < -0.4 is 0 Å². The second-order valence-corrected chi connectivity index (χ2v) is 0. The van der Waals surface area contributed by atoms with Gasteiger partial charge in [-0.1, -0.05) is 0 Å². The topological polar surface area (TPSA) is 914 Å². The van der Waals surface area contributed by atoms with Crippen molar-refractivity contribution in [1.29, 1.82) is 0 Å². The Morgan fingerprint density at radius 2 is 0.0667 bits per heavy atom. The Balaban J connectivity index is 0. The summed E-state index contributed by atoms with van der Waals surface area (Å²) in [7, 11) is 0. The zero-order chi connectivity index (χ0) is 0. The summed E-state index contributed by atoms with van der Waals surface area (Å²) in [6, 6.07) is 0. The molecule has 0 radical (unpaired) electrons. The van der Waals surface area contributed by atoms with Gasteiger partial charge in [0, 0.05) is 0 Å². The third-order valence-corrected chi connectivity index (χ3v) is 0. The Hall–Kier alpha value is -0.628. The van der Waals surface area contributed by atoms with E-state index in [1.165, 1.54) is 0 Å². The second kappa shape index (κ2) is 54000. The van der Waals surface area contributed by atoms with E-state index < -0.39 is 0 Å². The van der Waals surface area contributed by atoms with Crippen LogP contribution in [0.4, 0.5) is 0 Å². The minimum absolute atomic E-state index is 0. The van der Waals surface area contributed by atoms with E-state index in [2.05, 4.69) is 0 Å². The predicted octanol–water partition coefficient (Wildman–Crippen LogP) is -25.1. The maximum absolute atomic E-state index is 0. The monoisotopic (exact) mass is 552 g/mol. The molecule has 0 bridgehead atoms. The Morgan fingerprint density at radius 1 is 0.0667 bits per heavy atom. The van der Waals surface area contributed by atoms with Gasteiger partial charge in [-0.15, -0.1) is 0 Å². The molecular formula is H61AlO29. The maximum atomic E-state index is 0. The summed E-state index contributed by atoms with van der Waals surface area (Å²) in [5, 5.41) is 0. The molecule has 30 heavy (non-hydrogen) atoms. The molecule has 0 aromatic carbocycles. The molecule has 0 amide bonds. The molecule has 0 rings (SSSR count). The summed E-state index contributed by atoms with van der Waals surface area (Å²) in [5.41, 5.74) is 0. The van der Waals surface area contributed by atoms with E-state index in [1.54, 1.807) is 0 Å². The van der Waals surface area contributed by atoms with Crippen LogP contribution in [0.3, 0.4) is 0 Å². The molecule has 0 atom stereocenters.